The van der Waals surface area contributed by atoms with Crippen LogP contribution < -0.4 is 0 Å². The van der Waals surface area contributed by atoms with Gasteiger partial charge in [0.05, 0.1) is 50.0 Å². The molecule has 4 aromatic heterocycles. The maximum absolute atomic E-state index is 15.6. The van der Waals surface area contributed by atoms with E-state index in [9.17, 15) is 8.42 Å². The number of fused-ring (bicyclic) bond motifs is 3. The first-order chi connectivity index (χ1) is 18.7. The topological polar surface area (TPSA) is 105 Å². The quantitative estimate of drug-likeness (QED) is 0.298. The molecule has 39 heavy (non-hydrogen) atoms. The zero-order chi connectivity index (χ0) is 27.5. The summed E-state index contributed by atoms with van der Waals surface area (Å²) in [6.07, 6.45) is 5.35. The molecule has 5 heterocycles. The van der Waals surface area contributed by atoms with Crippen LogP contribution in [0.4, 0.5) is 8.78 Å². The number of sulfone groups is 1. The van der Waals surface area contributed by atoms with Crippen LogP contribution in [0.1, 0.15) is 30.3 Å². The number of aromatic nitrogens is 6. The van der Waals surface area contributed by atoms with Crippen LogP contribution in [0, 0.1) is 24.5 Å². The maximum atomic E-state index is 15.6. The number of nitrogens with zero attached hydrogens (tertiary/aromatic N) is 6. The van der Waals surface area contributed by atoms with Crippen molar-refractivity contribution in [3.05, 3.63) is 65.7 Å². The van der Waals surface area contributed by atoms with E-state index < -0.39 is 27.5 Å². The molecule has 1 aromatic carbocycles. The molecule has 0 radical (unpaired) electrons. The Hall–Kier alpha value is -3.77. The summed E-state index contributed by atoms with van der Waals surface area (Å²) < 4.78 is 66.1. The van der Waals surface area contributed by atoms with E-state index in [-0.39, 0.29) is 32.9 Å². The van der Waals surface area contributed by atoms with Gasteiger partial charge in [-0.2, -0.15) is 0 Å². The minimum atomic E-state index is -3.82. The van der Waals surface area contributed by atoms with Crippen LogP contribution >= 0.6 is 0 Å². The Morgan fingerprint density at radius 1 is 1.10 bits per heavy atom. The summed E-state index contributed by atoms with van der Waals surface area (Å²) in [5.41, 5.74) is 3.05. The molecular formula is C27H26F2N6O3S. The van der Waals surface area contributed by atoms with Gasteiger partial charge in [0.15, 0.2) is 9.84 Å². The highest BCUT2D eigenvalue weighted by Gasteiger charge is 2.35. The zero-order valence-corrected chi connectivity index (χ0v) is 22.4. The van der Waals surface area contributed by atoms with E-state index in [1.165, 1.54) is 24.4 Å². The van der Waals surface area contributed by atoms with Crippen molar-refractivity contribution < 1.29 is 21.9 Å². The van der Waals surface area contributed by atoms with Crippen LogP contribution in [-0.2, 0) is 21.6 Å². The molecule has 1 aliphatic rings. The lowest BCUT2D eigenvalue weighted by Crippen LogP contribution is -2.28. The lowest BCUT2D eigenvalue weighted by Gasteiger charge is -2.32. The van der Waals surface area contributed by atoms with Crippen molar-refractivity contribution in [2.45, 2.75) is 30.7 Å². The van der Waals surface area contributed by atoms with Gasteiger partial charge in [-0.05, 0) is 56.0 Å². The molecule has 0 N–H and O–H groups in total. The van der Waals surface area contributed by atoms with Crippen molar-refractivity contribution in [3.63, 3.8) is 0 Å². The van der Waals surface area contributed by atoms with Gasteiger partial charge in [-0.1, -0.05) is 5.21 Å². The van der Waals surface area contributed by atoms with Crippen LogP contribution in [0.2, 0.25) is 0 Å². The SMILES string of the molecule is Cc1nnn(C)c1-c1cnc2c3c(F)ccc(S(C)(=O)=O)c3n(C(c3ncccc3F)C3CCOCC3)c2c1. The van der Waals surface area contributed by atoms with Crippen LogP contribution in [0.5, 0.6) is 0 Å². The maximum Gasteiger partial charge on any atom is 0.177 e. The number of benzene rings is 1. The lowest BCUT2D eigenvalue weighted by atomic mass is 9.88. The Labute approximate surface area is 223 Å². The molecular weight excluding hydrogens is 526 g/mol. The van der Waals surface area contributed by atoms with Gasteiger partial charge in [-0.15, -0.1) is 5.10 Å². The fourth-order valence-electron chi connectivity index (χ4n) is 5.74. The molecule has 0 spiro atoms. The largest absolute Gasteiger partial charge is 0.381 e. The zero-order valence-electron chi connectivity index (χ0n) is 21.6. The third-order valence-corrected chi connectivity index (χ3v) is 8.55. The molecule has 12 heteroatoms. The minimum Gasteiger partial charge on any atom is -0.381 e. The highest BCUT2D eigenvalue weighted by atomic mass is 32.2. The number of aryl methyl sites for hydroxylation is 2. The molecule has 0 aliphatic carbocycles. The van der Waals surface area contributed by atoms with Crippen molar-refractivity contribution in [1.82, 2.24) is 29.5 Å². The minimum absolute atomic E-state index is 0.0627. The third kappa shape index (κ3) is 4.18. The van der Waals surface area contributed by atoms with Gasteiger partial charge in [0.2, 0.25) is 0 Å². The predicted octanol–water partition coefficient (Wildman–Crippen LogP) is 4.39. The van der Waals surface area contributed by atoms with E-state index in [0.29, 0.717) is 48.5 Å². The summed E-state index contributed by atoms with van der Waals surface area (Å²) in [5.74, 6) is -1.31. The van der Waals surface area contributed by atoms with E-state index in [0.717, 1.165) is 12.3 Å². The van der Waals surface area contributed by atoms with Gasteiger partial charge in [-0.25, -0.2) is 21.9 Å². The number of rotatable bonds is 5. The summed E-state index contributed by atoms with van der Waals surface area (Å²) in [6, 6.07) is 6.29. The van der Waals surface area contributed by atoms with Crippen LogP contribution in [0.3, 0.4) is 0 Å². The van der Waals surface area contributed by atoms with Gasteiger partial charge in [0, 0.05) is 44.5 Å². The van der Waals surface area contributed by atoms with E-state index >= 15 is 8.78 Å². The molecule has 1 aliphatic heterocycles. The molecule has 1 saturated heterocycles. The van der Waals surface area contributed by atoms with Crippen molar-refractivity contribution >= 4 is 31.8 Å². The second kappa shape index (κ2) is 9.45. The second-order valence-corrected chi connectivity index (χ2v) is 11.9. The van der Waals surface area contributed by atoms with Crippen LogP contribution in [0.25, 0.3) is 33.2 Å². The number of ether oxygens (including phenoxy) is 1. The van der Waals surface area contributed by atoms with Gasteiger partial charge in [0.1, 0.15) is 11.6 Å². The third-order valence-electron chi connectivity index (χ3n) is 7.42. The average Bonchev–Trinajstić information content (AvgIpc) is 3.42. The Bertz CT molecular complexity index is 1820. The monoisotopic (exact) mass is 552 g/mol. The molecule has 1 unspecified atom stereocenters. The average molecular weight is 553 g/mol. The Balaban J connectivity index is 1.80. The number of halogens is 2. The molecule has 0 amide bonds. The molecule has 1 atom stereocenters. The highest BCUT2D eigenvalue weighted by molar-refractivity contribution is 7.91. The summed E-state index contributed by atoms with van der Waals surface area (Å²) in [4.78, 5) is 8.98. The Morgan fingerprint density at radius 2 is 1.87 bits per heavy atom. The number of hydrogen-bond acceptors (Lipinski definition) is 7. The first-order valence-corrected chi connectivity index (χ1v) is 14.4. The fourth-order valence-corrected chi connectivity index (χ4v) is 6.61. The first kappa shape index (κ1) is 25.5. The van der Waals surface area contributed by atoms with E-state index in [1.54, 1.807) is 22.5 Å². The Morgan fingerprint density at radius 3 is 2.54 bits per heavy atom. The fraction of sp³-hybridized carbons (Fsp3) is 0.333. The summed E-state index contributed by atoms with van der Waals surface area (Å²) in [5, 5.41) is 8.28. The molecule has 6 rings (SSSR count). The normalized spacial score (nSPS) is 15.8. The van der Waals surface area contributed by atoms with Crippen molar-refractivity contribution in [3.8, 4) is 11.3 Å². The predicted molar refractivity (Wildman–Crippen MR) is 141 cm³/mol. The molecule has 9 nitrogen and oxygen atoms in total. The molecule has 202 valence electrons. The molecule has 0 saturated carbocycles. The molecule has 0 bridgehead atoms. The summed E-state index contributed by atoms with van der Waals surface area (Å²) >= 11 is 0. The highest BCUT2D eigenvalue weighted by Crippen LogP contribution is 2.43. The lowest BCUT2D eigenvalue weighted by molar-refractivity contribution is 0.0542. The number of hydrogen-bond donors (Lipinski definition) is 0. The first-order valence-electron chi connectivity index (χ1n) is 12.5. The second-order valence-electron chi connectivity index (χ2n) is 9.92. The van der Waals surface area contributed by atoms with Gasteiger partial charge < -0.3 is 9.30 Å². The van der Waals surface area contributed by atoms with E-state index in [4.69, 9.17) is 4.74 Å². The van der Waals surface area contributed by atoms with Crippen molar-refractivity contribution in [1.29, 1.82) is 0 Å². The molecule has 5 aromatic rings. The smallest absolute Gasteiger partial charge is 0.177 e. The summed E-state index contributed by atoms with van der Waals surface area (Å²) in [7, 11) is -2.06. The van der Waals surface area contributed by atoms with E-state index in [1.807, 2.05) is 13.0 Å². The molecule has 1 fully saturated rings. The van der Waals surface area contributed by atoms with Gasteiger partial charge in [0.25, 0.3) is 0 Å². The summed E-state index contributed by atoms with van der Waals surface area (Å²) in [6.45, 7) is 2.74. The van der Waals surface area contributed by atoms with Crippen molar-refractivity contribution in [2.75, 3.05) is 19.5 Å². The van der Waals surface area contributed by atoms with Gasteiger partial charge in [-0.3, -0.25) is 9.97 Å². The standard InChI is InChI=1S/C27H26F2N6O3S/c1-15-25(34(2)33-32-15)17-13-20-24(31-14-17)22-18(28)6-7-21(39(3,36)37)27(22)35(20)26(16-8-11-38-12-9-16)23-19(29)5-4-10-30-23/h4-7,10,13-14,16,26H,8-9,11-12H2,1-3H3. The van der Waals surface area contributed by atoms with Crippen molar-refractivity contribution in [2.24, 2.45) is 13.0 Å². The van der Waals surface area contributed by atoms with Crippen LogP contribution in [0.15, 0.2) is 47.6 Å². The van der Waals surface area contributed by atoms with Crippen LogP contribution in [-0.4, -0.2) is 57.4 Å². The Kier molecular flexibility index (Phi) is 6.18. The van der Waals surface area contributed by atoms with Gasteiger partial charge >= 0.3 is 0 Å². The number of pyridine rings is 2. The van der Waals surface area contributed by atoms with E-state index in [2.05, 4.69) is 20.3 Å².